The molecule has 0 spiro atoms. The summed E-state index contributed by atoms with van der Waals surface area (Å²) in [5.74, 6) is 1.60. The normalized spacial score (nSPS) is 28.1. The standard InChI is InChI=1S/C29H36N2O2/c1-19-26-17-23(29(26,2)3)18-27(19)30-24-8-4-20(5-9-24)16-21-12-14-31(15-13-21)25-10-6-22(7-11-25)28(32)33/h4-11,16,19,23,26-27,30H,12-15,17-18H2,1-3H3,(H,32,33)/t19-,23+,26+,27+/m1/s1. The maximum Gasteiger partial charge on any atom is 0.335 e. The molecule has 6 rings (SSSR count). The molecule has 2 bridgehead atoms. The molecule has 2 aromatic rings. The lowest BCUT2D eigenvalue weighted by Crippen LogP contribution is -2.58. The van der Waals surface area contributed by atoms with Gasteiger partial charge >= 0.3 is 5.97 Å². The van der Waals surface area contributed by atoms with E-state index >= 15 is 0 Å². The number of nitrogens with zero attached hydrogens (tertiary/aromatic N) is 1. The maximum atomic E-state index is 11.1. The fourth-order valence-corrected chi connectivity index (χ4v) is 6.48. The second-order valence-corrected chi connectivity index (χ2v) is 11.0. The van der Waals surface area contributed by atoms with E-state index in [-0.39, 0.29) is 0 Å². The Labute approximate surface area is 197 Å². The van der Waals surface area contributed by atoms with Crippen LogP contribution < -0.4 is 10.2 Å². The van der Waals surface area contributed by atoms with Gasteiger partial charge in [0, 0.05) is 30.5 Å². The van der Waals surface area contributed by atoms with E-state index in [1.165, 1.54) is 29.7 Å². The van der Waals surface area contributed by atoms with Gasteiger partial charge in [-0.15, -0.1) is 0 Å². The molecule has 3 saturated carbocycles. The summed E-state index contributed by atoms with van der Waals surface area (Å²) in [6.45, 7) is 9.29. The van der Waals surface area contributed by atoms with Crippen LogP contribution in [0, 0.1) is 23.2 Å². The first-order chi connectivity index (χ1) is 15.8. The third-order valence-corrected chi connectivity index (χ3v) is 8.87. The molecule has 4 aliphatic rings. The largest absolute Gasteiger partial charge is 0.478 e. The summed E-state index contributed by atoms with van der Waals surface area (Å²) in [6, 6.07) is 16.8. The van der Waals surface area contributed by atoms with Crippen LogP contribution in [0.1, 0.15) is 62.4 Å². The summed E-state index contributed by atoms with van der Waals surface area (Å²) in [5, 5.41) is 12.9. The molecule has 1 heterocycles. The average molecular weight is 445 g/mol. The van der Waals surface area contributed by atoms with Gasteiger partial charge in [0.05, 0.1) is 5.56 Å². The first kappa shape index (κ1) is 22.1. The van der Waals surface area contributed by atoms with Gasteiger partial charge in [-0.3, -0.25) is 0 Å². The number of carbonyl (C=O) groups is 1. The lowest BCUT2D eigenvalue weighted by molar-refractivity contribution is -0.105. The molecule has 4 fully saturated rings. The quantitative estimate of drug-likeness (QED) is 0.549. The minimum Gasteiger partial charge on any atom is -0.478 e. The number of hydrogen-bond acceptors (Lipinski definition) is 3. The molecule has 3 aliphatic carbocycles. The lowest BCUT2D eigenvalue weighted by atomic mass is 9.45. The Morgan fingerprint density at radius 3 is 2.27 bits per heavy atom. The molecule has 0 radical (unpaired) electrons. The first-order valence-corrected chi connectivity index (χ1v) is 12.5. The van der Waals surface area contributed by atoms with E-state index < -0.39 is 5.97 Å². The molecule has 1 aliphatic heterocycles. The summed E-state index contributed by atoms with van der Waals surface area (Å²) < 4.78 is 0. The maximum absolute atomic E-state index is 11.1. The Kier molecular flexibility index (Phi) is 5.72. The fourth-order valence-electron chi connectivity index (χ4n) is 6.48. The Hall–Kier alpha value is -2.75. The minimum atomic E-state index is -0.875. The van der Waals surface area contributed by atoms with E-state index in [9.17, 15) is 4.79 Å². The van der Waals surface area contributed by atoms with Crippen LogP contribution in [0.15, 0.2) is 54.1 Å². The van der Waals surface area contributed by atoms with Crippen molar-refractivity contribution in [2.45, 2.75) is 52.5 Å². The predicted molar refractivity (Wildman–Crippen MR) is 136 cm³/mol. The van der Waals surface area contributed by atoms with Crippen molar-refractivity contribution in [3.8, 4) is 0 Å². The molecule has 4 heteroatoms. The smallest absolute Gasteiger partial charge is 0.335 e. The highest BCUT2D eigenvalue weighted by molar-refractivity contribution is 5.88. The van der Waals surface area contributed by atoms with Gasteiger partial charge in [-0.25, -0.2) is 4.79 Å². The van der Waals surface area contributed by atoms with Crippen molar-refractivity contribution in [2.75, 3.05) is 23.3 Å². The van der Waals surface area contributed by atoms with Crippen molar-refractivity contribution in [1.29, 1.82) is 0 Å². The van der Waals surface area contributed by atoms with Crippen LogP contribution in [-0.2, 0) is 0 Å². The van der Waals surface area contributed by atoms with Crippen molar-refractivity contribution in [3.05, 3.63) is 65.2 Å². The van der Waals surface area contributed by atoms with E-state index in [0.29, 0.717) is 17.0 Å². The highest BCUT2D eigenvalue weighted by Crippen LogP contribution is 2.61. The number of nitrogens with one attached hydrogen (secondary N) is 1. The molecule has 1 saturated heterocycles. The van der Waals surface area contributed by atoms with Crippen LogP contribution in [0.3, 0.4) is 0 Å². The second kappa shape index (κ2) is 8.55. The highest BCUT2D eigenvalue weighted by atomic mass is 16.4. The number of carboxylic acid groups (broad SMARTS) is 1. The summed E-state index contributed by atoms with van der Waals surface area (Å²) >= 11 is 0. The van der Waals surface area contributed by atoms with Gasteiger partial charge in [0.25, 0.3) is 0 Å². The summed E-state index contributed by atoms with van der Waals surface area (Å²) in [4.78, 5) is 13.4. The van der Waals surface area contributed by atoms with Crippen molar-refractivity contribution in [2.24, 2.45) is 23.2 Å². The van der Waals surface area contributed by atoms with Gasteiger partial charge in [0.15, 0.2) is 0 Å². The van der Waals surface area contributed by atoms with E-state index in [1.54, 1.807) is 12.1 Å². The topological polar surface area (TPSA) is 52.6 Å². The Morgan fingerprint density at radius 2 is 1.70 bits per heavy atom. The number of fused-ring (bicyclic) bond motifs is 2. The Bertz CT molecular complexity index is 1030. The predicted octanol–water partition coefficient (Wildman–Crippen LogP) is 6.55. The molecule has 0 unspecified atom stereocenters. The van der Waals surface area contributed by atoms with Crippen LogP contribution in [0.25, 0.3) is 6.08 Å². The zero-order valence-electron chi connectivity index (χ0n) is 20.1. The first-order valence-electron chi connectivity index (χ1n) is 12.5. The Morgan fingerprint density at radius 1 is 1.03 bits per heavy atom. The number of hydrogen-bond donors (Lipinski definition) is 2. The van der Waals surface area contributed by atoms with Crippen LogP contribution >= 0.6 is 0 Å². The van der Waals surface area contributed by atoms with Gasteiger partial charge in [-0.1, -0.05) is 44.6 Å². The molecule has 4 atom stereocenters. The zero-order chi connectivity index (χ0) is 23.2. The summed E-state index contributed by atoms with van der Waals surface area (Å²) in [5.41, 5.74) is 5.98. The van der Waals surface area contributed by atoms with E-state index in [1.807, 2.05) is 12.1 Å². The number of benzene rings is 2. The van der Waals surface area contributed by atoms with Crippen molar-refractivity contribution in [3.63, 3.8) is 0 Å². The van der Waals surface area contributed by atoms with E-state index in [4.69, 9.17) is 5.11 Å². The SMILES string of the molecule is C[C@H]1[C@@H](Nc2ccc(C=C3CCN(c4ccc(C(=O)O)cc4)CC3)cc2)C[C@@H]2C[C@@H]1C2(C)C. The van der Waals surface area contributed by atoms with Gasteiger partial charge in [-0.2, -0.15) is 0 Å². The number of rotatable bonds is 5. The molecule has 0 aromatic heterocycles. The van der Waals surface area contributed by atoms with Crippen LogP contribution in [0.4, 0.5) is 11.4 Å². The van der Waals surface area contributed by atoms with Crippen LogP contribution in [-0.4, -0.2) is 30.2 Å². The third-order valence-electron chi connectivity index (χ3n) is 8.87. The molecule has 4 nitrogen and oxygen atoms in total. The van der Waals surface area contributed by atoms with Gasteiger partial charge < -0.3 is 15.3 Å². The number of anilines is 2. The van der Waals surface area contributed by atoms with Gasteiger partial charge in [0.2, 0.25) is 0 Å². The van der Waals surface area contributed by atoms with Gasteiger partial charge in [0.1, 0.15) is 0 Å². The molecule has 174 valence electrons. The molecule has 0 amide bonds. The van der Waals surface area contributed by atoms with Gasteiger partial charge in [-0.05, 0) is 90.8 Å². The molecular formula is C29H36N2O2. The molecule has 2 N–H and O–H groups in total. The monoisotopic (exact) mass is 444 g/mol. The second-order valence-electron chi connectivity index (χ2n) is 11.0. The lowest BCUT2D eigenvalue weighted by Gasteiger charge is -2.62. The highest BCUT2D eigenvalue weighted by Gasteiger charge is 2.56. The average Bonchev–Trinajstić information content (AvgIpc) is 2.82. The van der Waals surface area contributed by atoms with Crippen molar-refractivity contribution >= 4 is 23.4 Å². The summed E-state index contributed by atoms with van der Waals surface area (Å²) in [6.07, 6.45) is 7.14. The zero-order valence-corrected chi connectivity index (χ0v) is 20.1. The number of aromatic carboxylic acids is 1. The van der Waals surface area contributed by atoms with Crippen LogP contribution in [0.5, 0.6) is 0 Å². The van der Waals surface area contributed by atoms with Crippen LogP contribution in [0.2, 0.25) is 0 Å². The number of piperidine rings is 1. The van der Waals surface area contributed by atoms with Crippen molar-refractivity contribution in [1.82, 2.24) is 0 Å². The minimum absolute atomic E-state index is 0.341. The van der Waals surface area contributed by atoms with E-state index in [0.717, 1.165) is 49.4 Å². The molecule has 2 aromatic carbocycles. The summed E-state index contributed by atoms with van der Waals surface area (Å²) in [7, 11) is 0. The number of carboxylic acids is 1. The Balaban J connectivity index is 1.15. The fraction of sp³-hybridized carbons (Fsp3) is 0.483. The molecule has 33 heavy (non-hydrogen) atoms. The third kappa shape index (κ3) is 4.28. The van der Waals surface area contributed by atoms with E-state index in [2.05, 4.69) is 61.3 Å². The van der Waals surface area contributed by atoms with Crippen molar-refractivity contribution < 1.29 is 9.90 Å². The molecular weight excluding hydrogens is 408 g/mol.